The molecule has 1 aromatic rings. The van der Waals surface area contributed by atoms with E-state index in [1.165, 1.54) is 0 Å². The number of carbonyl (C=O) groups is 2. The number of methoxy groups -OCH3 is 1. The number of carbonyl (C=O) groups excluding carboxylic acids is 1. The maximum Gasteiger partial charge on any atom is 0.359 e. The first-order valence-electron chi connectivity index (χ1n) is 5.34. The first-order chi connectivity index (χ1) is 8.55. The Hall–Kier alpha value is -1.69. The van der Waals surface area contributed by atoms with Crippen LogP contribution in [0.3, 0.4) is 0 Å². The van der Waals surface area contributed by atoms with E-state index in [1.54, 1.807) is 31.4 Å². The zero-order valence-electron chi connectivity index (χ0n) is 9.71. The summed E-state index contributed by atoms with van der Waals surface area (Å²) < 4.78 is 9.98. The van der Waals surface area contributed by atoms with Crippen LogP contribution in [0.15, 0.2) is 29.2 Å². The lowest BCUT2D eigenvalue weighted by molar-refractivity contribution is -0.160. The van der Waals surface area contributed by atoms with Crippen LogP contribution in [-0.2, 0) is 14.3 Å². The zero-order valence-corrected chi connectivity index (χ0v) is 10.5. The Balaban J connectivity index is 2.19. The standard InChI is InChI=1S/C12H12O5S/c1-16-8-2-4-9(5-3-8)18-12(11(14)15)7-6-10(13)17-12/h2-5H,6-7H2,1H3,(H,14,15). The van der Waals surface area contributed by atoms with Crippen molar-refractivity contribution >= 4 is 23.7 Å². The summed E-state index contributed by atoms with van der Waals surface area (Å²) in [7, 11) is 1.56. The summed E-state index contributed by atoms with van der Waals surface area (Å²) in [6, 6.07) is 6.93. The van der Waals surface area contributed by atoms with E-state index >= 15 is 0 Å². The fraction of sp³-hybridized carbons (Fsp3) is 0.333. The molecule has 1 N–H and O–H groups in total. The van der Waals surface area contributed by atoms with Crippen molar-refractivity contribution in [3.8, 4) is 5.75 Å². The number of ether oxygens (including phenoxy) is 2. The molecule has 1 saturated heterocycles. The summed E-state index contributed by atoms with van der Waals surface area (Å²) in [6.07, 6.45) is 0.313. The van der Waals surface area contributed by atoms with E-state index in [-0.39, 0.29) is 12.8 Å². The average Bonchev–Trinajstić information content (AvgIpc) is 2.73. The molecule has 1 aliphatic heterocycles. The van der Waals surface area contributed by atoms with Crippen LogP contribution in [0.4, 0.5) is 0 Å². The van der Waals surface area contributed by atoms with Gasteiger partial charge in [0.25, 0.3) is 4.93 Å². The Morgan fingerprint density at radius 1 is 1.44 bits per heavy atom. The van der Waals surface area contributed by atoms with Gasteiger partial charge in [0.05, 0.1) is 13.5 Å². The second-order valence-electron chi connectivity index (χ2n) is 3.81. The summed E-state index contributed by atoms with van der Waals surface area (Å²) in [5.41, 5.74) is 0. The summed E-state index contributed by atoms with van der Waals surface area (Å²) in [4.78, 5) is 21.6. The predicted molar refractivity (Wildman–Crippen MR) is 64.5 cm³/mol. The molecule has 0 spiro atoms. The van der Waals surface area contributed by atoms with E-state index in [0.717, 1.165) is 11.8 Å². The van der Waals surface area contributed by atoms with Crippen LogP contribution < -0.4 is 4.74 Å². The van der Waals surface area contributed by atoms with Gasteiger partial charge in [-0.3, -0.25) is 4.79 Å². The van der Waals surface area contributed by atoms with E-state index < -0.39 is 16.9 Å². The summed E-state index contributed by atoms with van der Waals surface area (Å²) in [5.74, 6) is -0.917. The second kappa shape index (κ2) is 4.89. The van der Waals surface area contributed by atoms with Gasteiger partial charge < -0.3 is 14.6 Å². The Morgan fingerprint density at radius 2 is 2.11 bits per heavy atom. The highest BCUT2D eigenvalue weighted by Crippen LogP contribution is 2.42. The molecule has 18 heavy (non-hydrogen) atoms. The summed E-state index contributed by atoms with van der Waals surface area (Å²) in [5, 5.41) is 9.22. The number of aliphatic carboxylic acids is 1. The van der Waals surface area contributed by atoms with Crippen LogP contribution in [-0.4, -0.2) is 29.1 Å². The van der Waals surface area contributed by atoms with Gasteiger partial charge in [0.2, 0.25) is 0 Å². The minimum atomic E-state index is -1.49. The van der Waals surface area contributed by atoms with Crippen LogP contribution in [0, 0.1) is 0 Å². The van der Waals surface area contributed by atoms with Crippen molar-refractivity contribution in [3.05, 3.63) is 24.3 Å². The maximum absolute atomic E-state index is 11.3. The summed E-state index contributed by atoms with van der Waals surface area (Å²) in [6.45, 7) is 0. The number of thioether (sulfide) groups is 1. The second-order valence-corrected chi connectivity index (χ2v) is 5.14. The molecule has 0 aromatic heterocycles. The van der Waals surface area contributed by atoms with Crippen molar-refractivity contribution < 1.29 is 24.2 Å². The number of benzene rings is 1. The van der Waals surface area contributed by atoms with Crippen molar-refractivity contribution in [3.63, 3.8) is 0 Å². The minimum absolute atomic E-state index is 0.134. The average molecular weight is 268 g/mol. The number of cyclic esters (lactones) is 1. The normalized spacial score (nSPS) is 22.6. The Kier molecular flexibility index (Phi) is 3.47. The lowest BCUT2D eigenvalue weighted by atomic mass is 10.2. The van der Waals surface area contributed by atoms with Gasteiger partial charge in [0, 0.05) is 11.3 Å². The zero-order chi connectivity index (χ0) is 13.2. The molecule has 1 aliphatic rings. The lowest BCUT2D eigenvalue weighted by Gasteiger charge is -2.21. The first-order valence-corrected chi connectivity index (χ1v) is 6.16. The van der Waals surface area contributed by atoms with Crippen molar-refractivity contribution in [1.82, 2.24) is 0 Å². The van der Waals surface area contributed by atoms with Gasteiger partial charge in [0.15, 0.2) is 0 Å². The molecule has 96 valence electrons. The minimum Gasteiger partial charge on any atom is -0.497 e. The molecular weight excluding hydrogens is 256 g/mol. The van der Waals surface area contributed by atoms with Gasteiger partial charge in [-0.1, -0.05) is 11.8 Å². The Labute approximate surface area is 108 Å². The Morgan fingerprint density at radius 3 is 2.56 bits per heavy atom. The first kappa shape index (κ1) is 12.8. The summed E-state index contributed by atoms with van der Waals surface area (Å²) >= 11 is 1.03. The molecule has 1 fully saturated rings. The van der Waals surface area contributed by atoms with Gasteiger partial charge in [-0.05, 0) is 24.3 Å². The molecule has 0 saturated carbocycles. The van der Waals surface area contributed by atoms with E-state index in [2.05, 4.69) is 0 Å². The van der Waals surface area contributed by atoms with Crippen molar-refractivity contribution in [2.24, 2.45) is 0 Å². The van der Waals surface area contributed by atoms with Crippen LogP contribution >= 0.6 is 11.8 Å². The molecule has 0 amide bonds. The smallest absolute Gasteiger partial charge is 0.359 e. The molecule has 0 bridgehead atoms. The molecule has 5 nitrogen and oxygen atoms in total. The number of esters is 1. The highest BCUT2D eigenvalue weighted by Gasteiger charge is 2.48. The maximum atomic E-state index is 11.3. The number of carboxylic acid groups (broad SMARTS) is 1. The van der Waals surface area contributed by atoms with E-state index in [9.17, 15) is 14.7 Å². The van der Waals surface area contributed by atoms with E-state index in [4.69, 9.17) is 9.47 Å². The molecule has 0 radical (unpaired) electrons. The number of hydrogen-bond acceptors (Lipinski definition) is 5. The van der Waals surface area contributed by atoms with Gasteiger partial charge >= 0.3 is 11.9 Å². The molecule has 1 heterocycles. The molecule has 2 rings (SSSR count). The van der Waals surface area contributed by atoms with Gasteiger partial charge in [0.1, 0.15) is 5.75 Å². The molecular formula is C12H12O5S. The lowest BCUT2D eigenvalue weighted by Crippen LogP contribution is -2.34. The van der Waals surface area contributed by atoms with Gasteiger partial charge in [-0.15, -0.1) is 0 Å². The molecule has 0 aliphatic carbocycles. The fourth-order valence-corrected chi connectivity index (χ4v) is 2.73. The predicted octanol–water partition coefficient (Wildman–Crippen LogP) is 1.91. The van der Waals surface area contributed by atoms with Gasteiger partial charge in [-0.25, -0.2) is 4.79 Å². The van der Waals surface area contributed by atoms with Crippen LogP contribution in [0.1, 0.15) is 12.8 Å². The third-order valence-electron chi connectivity index (χ3n) is 2.60. The molecule has 1 atom stereocenters. The third-order valence-corrected chi connectivity index (χ3v) is 3.90. The number of carboxylic acids is 1. The Bertz CT molecular complexity index is 470. The van der Waals surface area contributed by atoms with Crippen molar-refractivity contribution in [1.29, 1.82) is 0 Å². The quantitative estimate of drug-likeness (QED) is 0.841. The molecule has 1 unspecified atom stereocenters. The van der Waals surface area contributed by atoms with Crippen LogP contribution in [0.2, 0.25) is 0 Å². The highest BCUT2D eigenvalue weighted by molar-refractivity contribution is 8.01. The van der Waals surface area contributed by atoms with Crippen molar-refractivity contribution in [2.75, 3.05) is 7.11 Å². The van der Waals surface area contributed by atoms with E-state index in [0.29, 0.717) is 10.6 Å². The highest BCUT2D eigenvalue weighted by atomic mass is 32.2. The monoisotopic (exact) mass is 268 g/mol. The van der Waals surface area contributed by atoms with Gasteiger partial charge in [-0.2, -0.15) is 0 Å². The SMILES string of the molecule is COc1ccc(SC2(C(=O)O)CCC(=O)O2)cc1. The van der Waals surface area contributed by atoms with E-state index in [1.807, 2.05) is 0 Å². The molecule has 1 aromatic carbocycles. The topological polar surface area (TPSA) is 72.8 Å². The largest absolute Gasteiger partial charge is 0.497 e. The van der Waals surface area contributed by atoms with Crippen LogP contribution in [0.5, 0.6) is 5.75 Å². The molecule has 6 heteroatoms. The van der Waals surface area contributed by atoms with Crippen molar-refractivity contribution in [2.45, 2.75) is 22.7 Å². The third kappa shape index (κ3) is 2.43. The number of rotatable bonds is 4. The van der Waals surface area contributed by atoms with Crippen LogP contribution in [0.25, 0.3) is 0 Å². The fourth-order valence-electron chi connectivity index (χ4n) is 1.65. The number of hydrogen-bond donors (Lipinski definition) is 1.